The van der Waals surface area contributed by atoms with Gasteiger partial charge in [0.2, 0.25) is 17.7 Å². The van der Waals surface area contributed by atoms with Crippen molar-refractivity contribution in [3.63, 3.8) is 0 Å². The summed E-state index contributed by atoms with van der Waals surface area (Å²) in [6.07, 6.45) is 2.67. The lowest BCUT2D eigenvalue weighted by atomic mass is 10.0. The van der Waals surface area contributed by atoms with E-state index < -0.39 is 18.0 Å². The first kappa shape index (κ1) is 24.7. The van der Waals surface area contributed by atoms with Crippen molar-refractivity contribution in [1.82, 2.24) is 20.1 Å². The number of hydrogen-bond donors (Lipinski definition) is 2. The number of rotatable bonds is 7. The number of nitrogens with one attached hydrogen (secondary N) is 1. The topological polar surface area (TPSA) is 138 Å². The normalized spacial score (nSPS) is 19.9. The molecule has 37 heavy (non-hydrogen) atoms. The summed E-state index contributed by atoms with van der Waals surface area (Å²) in [6, 6.07) is 8.10. The average Bonchev–Trinajstić information content (AvgIpc) is 3.21. The van der Waals surface area contributed by atoms with Gasteiger partial charge in [0, 0.05) is 50.2 Å². The Kier molecular flexibility index (Phi) is 7.04. The molecule has 5 rings (SSSR count). The standard InChI is InChI=1S/C26H28N4O7/c31-22-5-4-21(24(32)28-22)30-15-18-3-1-16(11-20(18)25(30)33)13-29(26(34)35)14-17-2-6-23(27-12-17)37-19-7-9-36-10-8-19/h1-3,6,11-12,19,21H,4-5,7-10,13-15H2,(H,34,35)(H,28,31,32). The van der Waals surface area contributed by atoms with E-state index in [9.17, 15) is 24.3 Å². The highest BCUT2D eigenvalue weighted by Gasteiger charge is 2.39. The van der Waals surface area contributed by atoms with Crippen LogP contribution in [0.5, 0.6) is 5.88 Å². The molecule has 2 N–H and O–H groups in total. The maximum Gasteiger partial charge on any atom is 0.407 e. The zero-order chi connectivity index (χ0) is 25.9. The van der Waals surface area contributed by atoms with Gasteiger partial charge < -0.3 is 19.5 Å². The van der Waals surface area contributed by atoms with Crippen LogP contribution in [0.2, 0.25) is 0 Å². The van der Waals surface area contributed by atoms with Gasteiger partial charge in [0.1, 0.15) is 12.1 Å². The van der Waals surface area contributed by atoms with Crippen LogP contribution in [0.25, 0.3) is 0 Å². The molecule has 0 radical (unpaired) electrons. The molecular weight excluding hydrogens is 480 g/mol. The molecule has 1 atom stereocenters. The molecule has 1 aromatic carbocycles. The SMILES string of the molecule is O=C1CCC(N2Cc3ccc(CN(Cc4ccc(OC5CCOCC5)nc4)C(=O)O)cc3C2=O)C(=O)N1. The second kappa shape index (κ2) is 10.6. The number of carbonyl (C=O) groups is 4. The van der Waals surface area contributed by atoms with E-state index in [1.54, 1.807) is 36.5 Å². The van der Waals surface area contributed by atoms with Gasteiger partial charge in [0.05, 0.1) is 19.8 Å². The van der Waals surface area contributed by atoms with Crippen LogP contribution in [-0.4, -0.2) is 69.1 Å². The van der Waals surface area contributed by atoms with E-state index in [0.717, 1.165) is 18.4 Å². The number of amides is 4. The highest BCUT2D eigenvalue weighted by atomic mass is 16.5. The molecule has 0 bridgehead atoms. The number of benzene rings is 1. The van der Waals surface area contributed by atoms with Crippen molar-refractivity contribution >= 4 is 23.8 Å². The summed E-state index contributed by atoms with van der Waals surface area (Å²) < 4.78 is 11.2. The fourth-order valence-corrected chi connectivity index (χ4v) is 4.87. The van der Waals surface area contributed by atoms with Crippen molar-refractivity contribution in [2.24, 2.45) is 0 Å². The van der Waals surface area contributed by atoms with Crippen LogP contribution >= 0.6 is 0 Å². The summed E-state index contributed by atoms with van der Waals surface area (Å²) in [5, 5.41) is 12.1. The first-order valence-electron chi connectivity index (χ1n) is 12.3. The van der Waals surface area contributed by atoms with Gasteiger partial charge >= 0.3 is 6.09 Å². The van der Waals surface area contributed by atoms with E-state index in [1.165, 1.54) is 9.80 Å². The molecule has 4 amide bonds. The van der Waals surface area contributed by atoms with Crippen LogP contribution in [0.4, 0.5) is 4.79 Å². The van der Waals surface area contributed by atoms with Crippen molar-refractivity contribution in [3.8, 4) is 5.88 Å². The van der Waals surface area contributed by atoms with E-state index in [1.807, 2.05) is 0 Å². The predicted molar refractivity (Wildman–Crippen MR) is 128 cm³/mol. The molecule has 1 aromatic heterocycles. The number of nitrogens with zero attached hydrogens (tertiary/aromatic N) is 3. The number of aromatic nitrogens is 1. The molecule has 11 heteroatoms. The van der Waals surface area contributed by atoms with Crippen molar-refractivity contribution < 1.29 is 33.8 Å². The predicted octanol–water partition coefficient (Wildman–Crippen LogP) is 2.08. The average molecular weight is 509 g/mol. The first-order valence-corrected chi connectivity index (χ1v) is 12.3. The first-order chi connectivity index (χ1) is 17.9. The van der Waals surface area contributed by atoms with Gasteiger partial charge in [-0.1, -0.05) is 18.2 Å². The molecule has 0 saturated carbocycles. The number of imide groups is 1. The molecular formula is C26H28N4O7. The third-order valence-corrected chi connectivity index (χ3v) is 6.86. The molecule has 2 fully saturated rings. The monoisotopic (exact) mass is 508 g/mol. The molecule has 2 aromatic rings. The number of carboxylic acid groups (broad SMARTS) is 1. The van der Waals surface area contributed by atoms with Crippen molar-refractivity contribution in [2.75, 3.05) is 13.2 Å². The number of piperidine rings is 1. The highest BCUT2D eigenvalue weighted by molar-refractivity contribution is 6.05. The lowest BCUT2D eigenvalue weighted by Gasteiger charge is -2.29. The van der Waals surface area contributed by atoms with Gasteiger partial charge in [-0.25, -0.2) is 9.78 Å². The Morgan fingerprint density at radius 1 is 1.11 bits per heavy atom. The highest BCUT2D eigenvalue weighted by Crippen LogP contribution is 2.29. The second-order valence-corrected chi connectivity index (χ2v) is 9.46. The maximum absolute atomic E-state index is 13.1. The molecule has 2 saturated heterocycles. The quantitative estimate of drug-likeness (QED) is 0.542. The van der Waals surface area contributed by atoms with E-state index in [4.69, 9.17) is 9.47 Å². The lowest BCUT2D eigenvalue weighted by Crippen LogP contribution is -2.52. The summed E-state index contributed by atoms with van der Waals surface area (Å²) in [6.45, 7) is 1.80. The molecule has 3 aliphatic heterocycles. The second-order valence-electron chi connectivity index (χ2n) is 9.46. The molecule has 4 heterocycles. The van der Waals surface area contributed by atoms with Crippen molar-refractivity contribution in [1.29, 1.82) is 0 Å². The Morgan fingerprint density at radius 2 is 1.86 bits per heavy atom. The molecule has 0 aliphatic carbocycles. The van der Waals surface area contributed by atoms with Gasteiger partial charge in [-0.2, -0.15) is 0 Å². The zero-order valence-electron chi connectivity index (χ0n) is 20.2. The minimum Gasteiger partial charge on any atom is -0.474 e. The van der Waals surface area contributed by atoms with Crippen LogP contribution in [0.3, 0.4) is 0 Å². The van der Waals surface area contributed by atoms with Crippen LogP contribution < -0.4 is 10.1 Å². The molecule has 11 nitrogen and oxygen atoms in total. The van der Waals surface area contributed by atoms with Crippen LogP contribution in [0, 0.1) is 0 Å². The number of fused-ring (bicyclic) bond motifs is 1. The van der Waals surface area contributed by atoms with Gasteiger partial charge in [0.15, 0.2) is 0 Å². The van der Waals surface area contributed by atoms with Gasteiger partial charge in [-0.15, -0.1) is 0 Å². The minimum atomic E-state index is -1.10. The largest absolute Gasteiger partial charge is 0.474 e. The lowest BCUT2D eigenvalue weighted by molar-refractivity contribution is -0.136. The van der Waals surface area contributed by atoms with E-state index in [0.29, 0.717) is 35.8 Å². The van der Waals surface area contributed by atoms with Gasteiger partial charge in [-0.3, -0.25) is 24.6 Å². The summed E-state index contributed by atoms with van der Waals surface area (Å²) in [4.78, 5) is 55.8. The summed E-state index contributed by atoms with van der Waals surface area (Å²) in [7, 11) is 0. The summed E-state index contributed by atoms with van der Waals surface area (Å²) >= 11 is 0. The van der Waals surface area contributed by atoms with E-state index in [-0.39, 0.29) is 50.4 Å². The number of hydrogen-bond acceptors (Lipinski definition) is 7. The molecule has 1 unspecified atom stereocenters. The maximum atomic E-state index is 13.1. The van der Waals surface area contributed by atoms with Crippen molar-refractivity contribution in [2.45, 2.75) is 57.5 Å². The molecule has 0 spiro atoms. The smallest absolute Gasteiger partial charge is 0.407 e. The Bertz CT molecular complexity index is 1210. The third-order valence-electron chi connectivity index (χ3n) is 6.86. The van der Waals surface area contributed by atoms with Crippen LogP contribution in [0.1, 0.15) is 52.7 Å². The molecule has 3 aliphatic rings. The van der Waals surface area contributed by atoms with E-state index in [2.05, 4.69) is 10.3 Å². The number of carbonyl (C=O) groups excluding carboxylic acids is 3. The summed E-state index contributed by atoms with van der Waals surface area (Å²) in [5.74, 6) is -0.599. The van der Waals surface area contributed by atoms with Gasteiger partial charge in [0.25, 0.3) is 5.91 Å². The van der Waals surface area contributed by atoms with Crippen LogP contribution in [-0.2, 0) is 34.0 Å². The Hall–Kier alpha value is -3.99. The van der Waals surface area contributed by atoms with Crippen LogP contribution in [0.15, 0.2) is 36.5 Å². The van der Waals surface area contributed by atoms with Gasteiger partial charge in [-0.05, 0) is 29.2 Å². The zero-order valence-corrected chi connectivity index (χ0v) is 20.2. The third kappa shape index (κ3) is 5.56. The molecule has 194 valence electrons. The minimum absolute atomic E-state index is 0.0658. The fourth-order valence-electron chi connectivity index (χ4n) is 4.87. The number of ether oxygens (including phenoxy) is 2. The number of pyridine rings is 1. The summed E-state index contributed by atoms with van der Waals surface area (Å²) in [5.41, 5.74) is 2.59. The Labute approximate surface area is 213 Å². The Morgan fingerprint density at radius 3 is 2.57 bits per heavy atom. The van der Waals surface area contributed by atoms with E-state index >= 15 is 0 Å². The fraction of sp³-hybridized carbons (Fsp3) is 0.423. The Balaban J connectivity index is 1.23. The van der Waals surface area contributed by atoms with Crippen molar-refractivity contribution in [3.05, 3.63) is 58.8 Å².